The molecule has 6 heteroatoms. The molecule has 0 fully saturated rings. The molecule has 0 aliphatic carbocycles. The summed E-state index contributed by atoms with van der Waals surface area (Å²) in [5, 5.41) is 11.2. The minimum atomic E-state index is -1.16. The second-order valence-corrected chi connectivity index (χ2v) is 3.70. The van der Waals surface area contributed by atoms with Crippen LogP contribution in [-0.2, 0) is 0 Å². The molecule has 2 rings (SSSR count). The molecule has 0 aliphatic rings. The number of carboxylic acid groups (broad SMARTS) is 1. The Labute approximate surface area is 107 Å². The Morgan fingerprint density at radius 1 is 1.21 bits per heavy atom. The quantitative estimate of drug-likeness (QED) is 0.886. The molecule has 0 unspecified atom stereocenters. The highest BCUT2D eigenvalue weighted by atomic mass is 19.1. The van der Waals surface area contributed by atoms with E-state index in [1.165, 1.54) is 36.5 Å². The van der Waals surface area contributed by atoms with Crippen molar-refractivity contribution in [3.63, 3.8) is 0 Å². The van der Waals surface area contributed by atoms with Gasteiger partial charge in [-0.3, -0.25) is 9.78 Å². The average molecular weight is 260 g/mol. The van der Waals surface area contributed by atoms with E-state index < -0.39 is 17.7 Å². The first-order valence-corrected chi connectivity index (χ1v) is 5.32. The van der Waals surface area contributed by atoms with E-state index in [-0.39, 0.29) is 16.8 Å². The van der Waals surface area contributed by atoms with Gasteiger partial charge < -0.3 is 10.4 Å². The largest absolute Gasteiger partial charge is 0.478 e. The number of hydrogen-bond acceptors (Lipinski definition) is 3. The fourth-order valence-electron chi connectivity index (χ4n) is 1.47. The van der Waals surface area contributed by atoms with Crippen LogP contribution in [0.4, 0.5) is 10.1 Å². The molecule has 0 radical (unpaired) electrons. The molecule has 0 aliphatic heterocycles. The van der Waals surface area contributed by atoms with Gasteiger partial charge in [-0.1, -0.05) is 12.1 Å². The van der Waals surface area contributed by atoms with Crippen molar-refractivity contribution < 1.29 is 19.1 Å². The van der Waals surface area contributed by atoms with E-state index in [0.29, 0.717) is 0 Å². The summed E-state index contributed by atoms with van der Waals surface area (Å²) in [4.78, 5) is 26.2. The maximum absolute atomic E-state index is 13.4. The van der Waals surface area contributed by atoms with Crippen molar-refractivity contribution in [1.29, 1.82) is 0 Å². The number of carbonyl (C=O) groups is 2. The number of pyridine rings is 1. The Balaban J connectivity index is 2.22. The van der Waals surface area contributed by atoms with Crippen molar-refractivity contribution in [1.82, 2.24) is 4.98 Å². The fraction of sp³-hybridized carbons (Fsp3) is 0. The van der Waals surface area contributed by atoms with E-state index in [0.717, 1.165) is 6.20 Å². The van der Waals surface area contributed by atoms with E-state index in [4.69, 9.17) is 5.11 Å². The van der Waals surface area contributed by atoms with Gasteiger partial charge in [-0.2, -0.15) is 0 Å². The number of rotatable bonds is 3. The number of anilines is 1. The summed E-state index contributed by atoms with van der Waals surface area (Å²) >= 11 is 0. The molecule has 1 aromatic heterocycles. The van der Waals surface area contributed by atoms with Gasteiger partial charge in [0.1, 0.15) is 5.82 Å². The Morgan fingerprint density at radius 2 is 1.95 bits per heavy atom. The summed E-state index contributed by atoms with van der Waals surface area (Å²) in [5.74, 6) is -2.47. The molecule has 96 valence electrons. The summed E-state index contributed by atoms with van der Waals surface area (Å²) in [6.07, 6.45) is 2.44. The number of carboxylic acids is 1. The number of aromatic carboxylic acids is 1. The Bertz CT molecular complexity index is 643. The highest BCUT2D eigenvalue weighted by molar-refractivity contribution is 6.04. The number of nitrogens with zero attached hydrogens (tertiary/aromatic N) is 1. The Hall–Kier alpha value is -2.76. The van der Waals surface area contributed by atoms with Crippen LogP contribution in [0.3, 0.4) is 0 Å². The lowest BCUT2D eigenvalue weighted by molar-refractivity contribution is 0.0696. The van der Waals surface area contributed by atoms with Gasteiger partial charge in [0, 0.05) is 6.20 Å². The summed E-state index contributed by atoms with van der Waals surface area (Å²) in [6, 6.07) is 6.75. The lowest BCUT2D eigenvalue weighted by atomic mass is 10.2. The zero-order valence-corrected chi connectivity index (χ0v) is 9.63. The lowest BCUT2D eigenvalue weighted by Crippen LogP contribution is -2.14. The topological polar surface area (TPSA) is 79.3 Å². The van der Waals surface area contributed by atoms with E-state index in [1.807, 2.05) is 0 Å². The highest BCUT2D eigenvalue weighted by Crippen LogP contribution is 2.12. The van der Waals surface area contributed by atoms with Crippen LogP contribution in [0.25, 0.3) is 0 Å². The molecular formula is C13H9FN2O3. The molecule has 1 amide bonds. The van der Waals surface area contributed by atoms with Crippen LogP contribution in [0.5, 0.6) is 0 Å². The molecule has 1 aromatic carbocycles. The number of benzene rings is 1. The second-order valence-electron chi connectivity index (χ2n) is 3.70. The standard InChI is InChI=1S/C13H9FN2O3/c14-11-4-2-1-3-10(11)12(17)16-9-5-8(13(18)19)6-15-7-9/h1-7H,(H,16,17)(H,18,19). The van der Waals surface area contributed by atoms with Crippen LogP contribution >= 0.6 is 0 Å². The van der Waals surface area contributed by atoms with Gasteiger partial charge in [-0.05, 0) is 18.2 Å². The van der Waals surface area contributed by atoms with Gasteiger partial charge in [-0.25, -0.2) is 9.18 Å². The van der Waals surface area contributed by atoms with Crippen LogP contribution < -0.4 is 5.32 Å². The molecule has 0 saturated heterocycles. The van der Waals surface area contributed by atoms with E-state index in [9.17, 15) is 14.0 Å². The molecular weight excluding hydrogens is 251 g/mol. The number of hydrogen-bond donors (Lipinski definition) is 2. The Kier molecular flexibility index (Phi) is 3.51. The van der Waals surface area contributed by atoms with Crippen molar-refractivity contribution in [2.75, 3.05) is 5.32 Å². The number of amides is 1. The number of aromatic nitrogens is 1. The van der Waals surface area contributed by atoms with Gasteiger partial charge in [0.05, 0.1) is 23.0 Å². The normalized spacial score (nSPS) is 9.95. The molecule has 5 nitrogen and oxygen atoms in total. The zero-order chi connectivity index (χ0) is 13.8. The van der Waals surface area contributed by atoms with Gasteiger partial charge in [-0.15, -0.1) is 0 Å². The van der Waals surface area contributed by atoms with Crippen molar-refractivity contribution in [2.45, 2.75) is 0 Å². The maximum atomic E-state index is 13.4. The van der Waals surface area contributed by atoms with Gasteiger partial charge >= 0.3 is 5.97 Å². The van der Waals surface area contributed by atoms with Crippen molar-refractivity contribution in [3.05, 3.63) is 59.7 Å². The summed E-state index contributed by atoms with van der Waals surface area (Å²) in [5.41, 5.74) is 0.00251. The predicted octanol–water partition coefficient (Wildman–Crippen LogP) is 2.17. The first-order chi connectivity index (χ1) is 9.08. The Morgan fingerprint density at radius 3 is 2.63 bits per heavy atom. The van der Waals surface area contributed by atoms with Gasteiger partial charge in [0.15, 0.2) is 0 Å². The monoisotopic (exact) mass is 260 g/mol. The molecule has 19 heavy (non-hydrogen) atoms. The molecule has 2 aromatic rings. The third-order valence-electron chi connectivity index (χ3n) is 2.36. The summed E-state index contributed by atoms with van der Waals surface area (Å²) in [7, 11) is 0. The van der Waals surface area contributed by atoms with Crippen LogP contribution in [0.2, 0.25) is 0 Å². The van der Waals surface area contributed by atoms with Crippen molar-refractivity contribution in [2.24, 2.45) is 0 Å². The van der Waals surface area contributed by atoms with Crippen LogP contribution in [0.15, 0.2) is 42.7 Å². The van der Waals surface area contributed by atoms with E-state index >= 15 is 0 Å². The van der Waals surface area contributed by atoms with Crippen molar-refractivity contribution in [3.8, 4) is 0 Å². The van der Waals surface area contributed by atoms with Crippen LogP contribution in [0, 0.1) is 5.82 Å². The highest BCUT2D eigenvalue weighted by Gasteiger charge is 2.12. The van der Waals surface area contributed by atoms with Crippen LogP contribution in [-0.4, -0.2) is 22.0 Å². The van der Waals surface area contributed by atoms with Gasteiger partial charge in [0.25, 0.3) is 5.91 Å². The number of carbonyl (C=O) groups excluding carboxylic acids is 1. The molecule has 2 N–H and O–H groups in total. The first-order valence-electron chi connectivity index (χ1n) is 5.32. The number of halogens is 1. The summed E-state index contributed by atoms with van der Waals surface area (Å²) in [6.45, 7) is 0. The van der Waals surface area contributed by atoms with Crippen molar-refractivity contribution >= 4 is 17.6 Å². The average Bonchev–Trinajstić information content (AvgIpc) is 2.39. The molecule has 0 bridgehead atoms. The molecule has 1 heterocycles. The SMILES string of the molecule is O=C(O)c1cncc(NC(=O)c2ccccc2F)c1. The lowest BCUT2D eigenvalue weighted by Gasteiger charge is -2.06. The summed E-state index contributed by atoms with van der Waals surface area (Å²) < 4.78 is 13.4. The number of nitrogens with one attached hydrogen (secondary N) is 1. The minimum Gasteiger partial charge on any atom is -0.478 e. The molecule has 0 spiro atoms. The fourth-order valence-corrected chi connectivity index (χ4v) is 1.47. The van der Waals surface area contributed by atoms with Gasteiger partial charge in [0.2, 0.25) is 0 Å². The molecule has 0 saturated carbocycles. The van der Waals surface area contributed by atoms with E-state index in [2.05, 4.69) is 10.3 Å². The van der Waals surface area contributed by atoms with Crippen LogP contribution in [0.1, 0.15) is 20.7 Å². The second kappa shape index (κ2) is 5.26. The third kappa shape index (κ3) is 2.92. The smallest absolute Gasteiger partial charge is 0.337 e. The first kappa shape index (κ1) is 12.7. The molecule has 0 atom stereocenters. The minimum absolute atomic E-state index is 0.0636. The van der Waals surface area contributed by atoms with E-state index in [1.54, 1.807) is 0 Å². The third-order valence-corrected chi connectivity index (χ3v) is 2.36. The zero-order valence-electron chi connectivity index (χ0n) is 9.63. The predicted molar refractivity (Wildman–Crippen MR) is 65.5 cm³/mol. The maximum Gasteiger partial charge on any atom is 0.337 e.